The summed E-state index contributed by atoms with van der Waals surface area (Å²) in [5, 5.41) is 0. The summed E-state index contributed by atoms with van der Waals surface area (Å²) in [5.41, 5.74) is 3.21. The third-order valence-corrected chi connectivity index (χ3v) is 3.32. The van der Waals surface area contributed by atoms with Crippen LogP contribution < -0.4 is 0 Å². The average molecular weight is 232 g/mol. The van der Waals surface area contributed by atoms with Crippen molar-refractivity contribution in [2.24, 2.45) is 15.9 Å². The molecule has 0 radical (unpaired) electrons. The number of ether oxygens (including phenoxy) is 1. The van der Waals surface area contributed by atoms with Crippen molar-refractivity contribution in [3.05, 3.63) is 23.5 Å². The van der Waals surface area contributed by atoms with E-state index in [-0.39, 0.29) is 5.54 Å². The molecule has 2 rings (SSSR count). The van der Waals surface area contributed by atoms with Crippen molar-refractivity contribution in [1.82, 2.24) is 0 Å². The summed E-state index contributed by atoms with van der Waals surface area (Å²) >= 11 is 0. The third kappa shape index (κ3) is 2.19. The van der Waals surface area contributed by atoms with E-state index in [0.717, 1.165) is 23.6 Å². The minimum absolute atomic E-state index is 0.00935. The summed E-state index contributed by atoms with van der Waals surface area (Å²) in [4.78, 5) is 9.04. The van der Waals surface area contributed by atoms with Gasteiger partial charge in [-0.2, -0.15) is 0 Å². The van der Waals surface area contributed by atoms with Gasteiger partial charge in [0.25, 0.3) is 0 Å². The van der Waals surface area contributed by atoms with Crippen molar-refractivity contribution < 1.29 is 4.74 Å². The second-order valence-electron chi connectivity index (χ2n) is 5.34. The highest BCUT2D eigenvalue weighted by atomic mass is 16.5. The van der Waals surface area contributed by atoms with E-state index in [1.165, 1.54) is 5.57 Å². The quantitative estimate of drug-likeness (QED) is 0.640. The van der Waals surface area contributed by atoms with Crippen LogP contribution in [0.5, 0.6) is 0 Å². The van der Waals surface area contributed by atoms with Crippen LogP contribution >= 0.6 is 0 Å². The Labute approximate surface area is 103 Å². The summed E-state index contributed by atoms with van der Waals surface area (Å²) < 4.78 is 5.44. The van der Waals surface area contributed by atoms with E-state index in [1.807, 2.05) is 6.08 Å². The third-order valence-electron chi connectivity index (χ3n) is 3.32. The lowest BCUT2D eigenvalue weighted by Crippen LogP contribution is -2.34. The Morgan fingerprint density at radius 2 is 2.12 bits per heavy atom. The summed E-state index contributed by atoms with van der Waals surface area (Å²) in [6.07, 6.45) is 5.15. The second kappa shape index (κ2) is 4.13. The van der Waals surface area contributed by atoms with Crippen LogP contribution in [0.4, 0.5) is 0 Å². The minimum Gasteiger partial charge on any atom is -0.494 e. The average Bonchev–Trinajstić information content (AvgIpc) is 2.26. The zero-order valence-electron chi connectivity index (χ0n) is 11.2. The summed E-state index contributed by atoms with van der Waals surface area (Å²) in [7, 11) is 3.49. The fourth-order valence-electron chi connectivity index (χ4n) is 2.60. The number of hydrogen-bond donors (Lipinski definition) is 0. The molecule has 3 nitrogen and oxygen atoms in total. The Morgan fingerprint density at radius 3 is 2.71 bits per heavy atom. The minimum atomic E-state index is -0.00935. The predicted molar refractivity (Wildman–Crippen MR) is 71.8 cm³/mol. The van der Waals surface area contributed by atoms with Gasteiger partial charge in [0.2, 0.25) is 0 Å². The van der Waals surface area contributed by atoms with Crippen molar-refractivity contribution in [2.45, 2.75) is 32.7 Å². The first-order valence-electron chi connectivity index (χ1n) is 6.01. The normalized spacial score (nSPS) is 29.1. The zero-order chi connectivity index (χ0) is 12.6. The highest BCUT2D eigenvalue weighted by Gasteiger charge is 2.34. The number of methoxy groups -OCH3 is 1. The van der Waals surface area contributed by atoms with Crippen molar-refractivity contribution in [2.75, 3.05) is 14.2 Å². The molecule has 0 saturated carbocycles. The van der Waals surface area contributed by atoms with Crippen LogP contribution in [-0.2, 0) is 4.74 Å². The lowest BCUT2D eigenvalue weighted by Gasteiger charge is -2.35. The van der Waals surface area contributed by atoms with E-state index in [0.29, 0.717) is 5.92 Å². The molecule has 0 N–H and O–H groups in total. The van der Waals surface area contributed by atoms with Gasteiger partial charge in [0.05, 0.1) is 18.4 Å². The van der Waals surface area contributed by atoms with E-state index >= 15 is 0 Å². The fraction of sp³-hybridized carbons (Fsp3) is 0.571. The van der Waals surface area contributed by atoms with E-state index in [4.69, 9.17) is 9.73 Å². The highest BCUT2D eigenvalue weighted by Crippen LogP contribution is 2.35. The van der Waals surface area contributed by atoms with Crippen LogP contribution in [0, 0.1) is 5.92 Å². The lowest BCUT2D eigenvalue weighted by atomic mass is 9.79. The number of nitrogens with zero attached hydrogens (tertiary/aromatic N) is 2. The molecule has 1 atom stereocenters. The molecule has 1 unspecified atom stereocenters. The van der Waals surface area contributed by atoms with Crippen molar-refractivity contribution in [3.8, 4) is 0 Å². The van der Waals surface area contributed by atoms with E-state index < -0.39 is 0 Å². The molecule has 0 aromatic carbocycles. The van der Waals surface area contributed by atoms with Gasteiger partial charge in [0, 0.05) is 13.1 Å². The number of rotatable bonds is 1. The monoisotopic (exact) mass is 232 g/mol. The SMILES string of the molecule is CN=C1C=C(OC)C2=NC(C)(C)CC(C)C2=C1. The Kier molecular flexibility index (Phi) is 2.94. The van der Waals surface area contributed by atoms with Gasteiger partial charge >= 0.3 is 0 Å². The molecule has 0 aromatic heterocycles. The smallest absolute Gasteiger partial charge is 0.146 e. The van der Waals surface area contributed by atoms with Crippen LogP contribution in [0.25, 0.3) is 0 Å². The fourth-order valence-corrected chi connectivity index (χ4v) is 2.60. The van der Waals surface area contributed by atoms with Gasteiger partial charge in [0.15, 0.2) is 0 Å². The van der Waals surface area contributed by atoms with Crippen molar-refractivity contribution >= 4 is 11.4 Å². The molecule has 3 heteroatoms. The van der Waals surface area contributed by atoms with Gasteiger partial charge < -0.3 is 4.74 Å². The molecule has 0 bridgehead atoms. The Bertz CT molecular complexity index is 453. The Hall–Kier alpha value is -1.38. The van der Waals surface area contributed by atoms with E-state index in [2.05, 4.69) is 31.8 Å². The first kappa shape index (κ1) is 12.1. The molecule has 0 amide bonds. The largest absolute Gasteiger partial charge is 0.494 e. The number of allylic oxidation sites excluding steroid dienone is 3. The maximum absolute atomic E-state index is 5.44. The van der Waals surface area contributed by atoms with Gasteiger partial charge in [-0.25, -0.2) is 0 Å². The predicted octanol–water partition coefficient (Wildman–Crippen LogP) is 2.79. The summed E-state index contributed by atoms with van der Waals surface area (Å²) in [6.45, 7) is 6.59. The number of fused-ring (bicyclic) bond motifs is 1. The maximum atomic E-state index is 5.44. The van der Waals surface area contributed by atoms with Crippen LogP contribution in [0.2, 0.25) is 0 Å². The molecule has 0 spiro atoms. The Morgan fingerprint density at radius 1 is 1.41 bits per heavy atom. The van der Waals surface area contributed by atoms with Gasteiger partial charge in [-0.3, -0.25) is 9.98 Å². The Balaban J connectivity index is 2.54. The molecule has 0 saturated heterocycles. The molecule has 0 fully saturated rings. The van der Waals surface area contributed by atoms with Gasteiger partial charge in [-0.1, -0.05) is 6.92 Å². The van der Waals surface area contributed by atoms with Gasteiger partial charge in [-0.05, 0) is 37.8 Å². The number of hydrogen-bond acceptors (Lipinski definition) is 3. The van der Waals surface area contributed by atoms with Gasteiger partial charge in [-0.15, -0.1) is 0 Å². The summed E-state index contributed by atoms with van der Waals surface area (Å²) in [6, 6.07) is 0. The second-order valence-corrected chi connectivity index (χ2v) is 5.34. The van der Waals surface area contributed by atoms with Crippen LogP contribution in [-0.4, -0.2) is 31.1 Å². The topological polar surface area (TPSA) is 34.0 Å². The van der Waals surface area contributed by atoms with E-state index in [9.17, 15) is 0 Å². The van der Waals surface area contributed by atoms with Crippen LogP contribution in [0.3, 0.4) is 0 Å². The standard InChI is InChI=1S/C14H20N2O/c1-9-8-14(2,3)16-13-11(9)6-10(15-4)7-12(13)17-5/h6-7,9H,8H2,1-5H3. The molecule has 1 heterocycles. The summed E-state index contributed by atoms with van der Waals surface area (Å²) in [5.74, 6) is 1.33. The lowest BCUT2D eigenvalue weighted by molar-refractivity contribution is 0.309. The zero-order valence-corrected chi connectivity index (χ0v) is 11.2. The van der Waals surface area contributed by atoms with Crippen LogP contribution in [0.15, 0.2) is 33.5 Å². The molecule has 1 aliphatic carbocycles. The highest BCUT2D eigenvalue weighted by molar-refractivity contribution is 6.23. The molecular formula is C14H20N2O. The first-order valence-corrected chi connectivity index (χ1v) is 6.01. The maximum Gasteiger partial charge on any atom is 0.146 e. The molecular weight excluding hydrogens is 212 g/mol. The van der Waals surface area contributed by atoms with Crippen molar-refractivity contribution in [3.63, 3.8) is 0 Å². The van der Waals surface area contributed by atoms with Crippen molar-refractivity contribution in [1.29, 1.82) is 0 Å². The first-order chi connectivity index (χ1) is 7.96. The molecule has 92 valence electrons. The molecule has 2 aliphatic rings. The van der Waals surface area contributed by atoms with E-state index in [1.54, 1.807) is 14.2 Å². The van der Waals surface area contributed by atoms with Crippen LogP contribution in [0.1, 0.15) is 27.2 Å². The number of aliphatic imine (C=N–C) groups is 2. The molecule has 1 aliphatic heterocycles. The van der Waals surface area contributed by atoms with Gasteiger partial charge in [0.1, 0.15) is 11.5 Å². The molecule has 17 heavy (non-hydrogen) atoms. The molecule has 0 aromatic rings.